The van der Waals surface area contributed by atoms with Gasteiger partial charge >= 0.3 is 5.97 Å². The van der Waals surface area contributed by atoms with Gasteiger partial charge in [0, 0.05) is 5.56 Å². The van der Waals surface area contributed by atoms with Crippen molar-refractivity contribution in [1.29, 1.82) is 0 Å². The zero-order chi connectivity index (χ0) is 19.9. The molecule has 3 aromatic rings. The summed E-state index contributed by atoms with van der Waals surface area (Å²) in [4.78, 5) is 25.0. The molecule has 0 aliphatic rings. The van der Waals surface area contributed by atoms with Crippen molar-refractivity contribution in [3.05, 3.63) is 95.6 Å². The van der Waals surface area contributed by atoms with E-state index in [1.54, 1.807) is 24.3 Å². The smallest absolute Gasteiger partial charge is 0.339 e. The molecule has 0 amide bonds. The third-order valence-electron chi connectivity index (χ3n) is 4.98. The Kier molecular flexibility index (Phi) is 6.38. The molecule has 0 fully saturated rings. The third kappa shape index (κ3) is 4.55. The predicted molar refractivity (Wildman–Crippen MR) is 112 cm³/mol. The number of carbonyl (C=O) groups is 2. The molecule has 0 saturated heterocycles. The number of benzene rings is 3. The Morgan fingerprint density at radius 1 is 0.857 bits per heavy atom. The van der Waals surface area contributed by atoms with E-state index in [1.165, 1.54) is 5.56 Å². The van der Waals surface area contributed by atoms with Crippen LogP contribution in [0.25, 0.3) is 11.1 Å². The van der Waals surface area contributed by atoms with Gasteiger partial charge in [0.25, 0.3) is 0 Å². The van der Waals surface area contributed by atoms with Gasteiger partial charge in [-0.3, -0.25) is 4.79 Å². The van der Waals surface area contributed by atoms with Crippen LogP contribution in [-0.2, 0) is 4.74 Å². The maximum atomic E-state index is 12.6. The molecule has 0 heterocycles. The first kappa shape index (κ1) is 19.6. The van der Waals surface area contributed by atoms with Crippen molar-refractivity contribution in [2.45, 2.75) is 26.2 Å². The Morgan fingerprint density at radius 2 is 1.50 bits per heavy atom. The van der Waals surface area contributed by atoms with E-state index in [0.717, 1.165) is 17.5 Å². The fraction of sp³-hybridized carbons (Fsp3) is 0.200. The second kappa shape index (κ2) is 9.14. The van der Waals surface area contributed by atoms with E-state index in [1.807, 2.05) is 54.6 Å². The number of hydrogen-bond donors (Lipinski definition) is 0. The molecule has 3 heteroatoms. The molecule has 3 nitrogen and oxygen atoms in total. The SMILES string of the molecule is CC[C@H](C)c1ccc(C(=O)COC(=O)c2ccccc2-c2ccccc2)cc1. The lowest BCUT2D eigenvalue weighted by Gasteiger charge is -2.11. The van der Waals surface area contributed by atoms with Crippen LogP contribution in [0.3, 0.4) is 0 Å². The molecule has 0 bridgehead atoms. The van der Waals surface area contributed by atoms with Crippen LogP contribution in [0.5, 0.6) is 0 Å². The summed E-state index contributed by atoms with van der Waals surface area (Å²) in [6.45, 7) is 4.02. The minimum atomic E-state index is -0.496. The van der Waals surface area contributed by atoms with Crippen molar-refractivity contribution in [1.82, 2.24) is 0 Å². The molecule has 1 atom stereocenters. The monoisotopic (exact) mass is 372 g/mol. The summed E-state index contributed by atoms with van der Waals surface area (Å²) in [6.07, 6.45) is 1.05. The first-order valence-electron chi connectivity index (χ1n) is 9.55. The fourth-order valence-corrected chi connectivity index (χ4v) is 3.06. The average Bonchev–Trinajstić information content (AvgIpc) is 2.77. The van der Waals surface area contributed by atoms with Gasteiger partial charge < -0.3 is 4.74 Å². The van der Waals surface area contributed by atoms with Crippen molar-refractivity contribution >= 4 is 11.8 Å². The molecule has 0 N–H and O–H groups in total. The zero-order valence-electron chi connectivity index (χ0n) is 16.2. The standard InChI is InChI=1S/C25H24O3/c1-3-18(2)19-13-15-21(16-14-19)24(26)17-28-25(27)23-12-8-7-11-22(23)20-9-5-4-6-10-20/h4-16,18H,3,17H2,1-2H3/t18-/m0/s1. The van der Waals surface area contributed by atoms with Gasteiger partial charge in [0.05, 0.1) is 5.56 Å². The first-order chi connectivity index (χ1) is 13.6. The molecule has 0 aromatic heterocycles. The Balaban J connectivity index is 1.69. The minimum Gasteiger partial charge on any atom is -0.454 e. The van der Waals surface area contributed by atoms with Crippen LogP contribution in [0.1, 0.15) is 52.5 Å². The summed E-state index contributed by atoms with van der Waals surface area (Å²) < 4.78 is 5.32. The Hall–Kier alpha value is -3.20. The normalized spacial score (nSPS) is 11.6. The molecule has 0 aliphatic heterocycles. The number of rotatable bonds is 7. The van der Waals surface area contributed by atoms with Gasteiger partial charge in [-0.25, -0.2) is 4.79 Å². The number of ether oxygens (including phenoxy) is 1. The topological polar surface area (TPSA) is 43.4 Å². The molecule has 0 saturated carbocycles. The predicted octanol–water partition coefficient (Wildman–Crippen LogP) is 5.91. The van der Waals surface area contributed by atoms with Crippen molar-refractivity contribution in [3.63, 3.8) is 0 Å². The van der Waals surface area contributed by atoms with E-state index in [2.05, 4.69) is 13.8 Å². The van der Waals surface area contributed by atoms with Crippen molar-refractivity contribution in [2.24, 2.45) is 0 Å². The van der Waals surface area contributed by atoms with Crippen LogP contribution in [0.2, 0.25) is 0 Å². The van der Waals surface area contributed by atoms with Crippen LogP contribution in [0, 0.1) is 0 Å². The summed E-state index contributed by atoms with van der Waals surface area (Å²) in [5, 5.41) is 0. The molecule has 0 radical (unpaired) electrons. The lowest BCUT2D eigenvalue weighted by atomic mass is 9.97. The van der Waals surface area contributed by atoms with E-state index in [-0.39, 0.29) is 12.4 Å². The fourth-order valence-electron chi connectivity index (χ4n) is 3.06. The first-order valence-corrected chi connectivity index (χ1v) is 9.55. The van der Waals surface area contributed by atoms with Crippen molar-refractivity contribution < 1.29 is 14.3 Å². The van der Waals surface area contributed by atoms with Gasteiger partial charge in [0.2, 0.25) is 0 Å². The minimum absolute atomic E-state index is 0.207. The second-order valence-electron chi connectivity index (χ2n) is 6.84. The number of Topliss-reactive ketones (excluding diaryl/α,β-unsaturated/α-hetero) is 1. The maximum absolute atomic E-state index is 12.6. The summed E-state index contributed by atoms with van der Waals surface area (Å²) in [7, 11) is 0. The summed E-state index contributed by atoms with van der Waals surface area (Å²) in [5.74, 6) is -0.248. The van der Waals surface area contributed by atoms with E-state index in [4.69, 9.17) is 4.74 Å². The van der Waals surface area contributed by atoms with Gasteiger partial charge in [-0.05, 0) is 35.1 Å². The number of carbonyl (C=O) groups excluding carboxylic acids is 2. The summed E-state index contributed by atoms with van der Waals surface area (Å²) >= 11 is 0. The number of ketones is 1. The van der Waals surface area contributed by atoms with Crippen molar-refractivity contribution in [3.8, 4) is 11.1 Å². The lowest BCUT2D eigenvalue weighted by molar-refractivity contribution is 0.0475. The summed E-state index contributed by atoms with van der Waals surface area (Å²) in [5.41, 5.74) is 3.93. The highest BCUT2D eigenvalue weighted by molar-refractivity contribution is 6.01. The van der Waals surface area contributed by atoms with E-state index >= 15 is 0 Å². The van der Waals surface area contributed by atoms with E-state index in [9.17, 15) is 9.59 Å². The highest BCUT2D eigenvalue weighted by Crippen LogP contribution is 2.24. The molecular formula is C25H24O3. The van der Waals surface area contributed by atoms with E-state index < -0.39 is 5.97 Å². The molecule has 0 aliphatic carbocycles. The van der Waals surface area contributed by atoms with Crippen LogP contribution >= 0.6 is 0 Å². The van der Waals surface area contributed by atoms with Crippen LogP contribution in [0.4, 0.5) is 0 Å². The molecule has 28 heavy (non-hydrogen) atoms. The molecule has 142 valence electrons. The van der Waals surface area contributed by atoms with Gasteiger partial charge in [0.1, 0.15) is 0 Å². The number of esters is 1. The maximum Gasteiger partial charge on any atom is 0.339 e. The van der Waals surface area contributed by atoms with E-state index in [0.29, 0.717) is 17.0 Å². The van der Waals surface area contributed by atoms with Crippen LogP contribution in [0.15, 0.2) is 78.9 Å². The highest BCUT2D eigenvalue weighted by atomic mass is 16.5. The molecule has 0 unspecified atom stereocenters. The van der Waals surface area contributed by atoms with Gasteiger partial charge in [-0.1, -0.05) is 86.6 Å². The second-order valence-corrected chi connectivity index (χ2v) is 6.84. The van der Waals surface area contributed by atoms with Gasteiger partial charge in [-0.15, -0.1) is 0 Å². The Labute approximate surface area is 166 Å². The largest absolute Gasteiger partial charge is 0.454 e. The van der Waals surface area contributed by atoms with Crippen molar-refractivity contribution in [2.75, 3.05) is 6.61 Å². The molecular weight excluding hydrogens is 348 g/mol. The zero-order valence-corrected chi connectivity index (χ0v) is 16.2. The molecule has 3 rings (SSSR count). The Morgan fingerprint density at radius 3 is 2.18 bits per heavy atom. The Bertz CT molecular complexity index is 943. The molecule has 3 aromatic carbocycles. The summed E-state index contributed by atoms with van der Waals surface area (Å²) in [6, 6.07) is 24.4. The average molecular weight is 372 g/mol. The third-order valence-corrected chi connectivity index (χ3v) is 4.98. The van der Waals surface area contributed by atoms with Crippen LogP contribution < -0.4 is 0 Å². The van der Waals surface area contributed by atoms with Crippen LogP contribution in [-0.4, -0.2) is 18.4 Å². The molecule has 0 spiro atoms. The lowest BCUT2D eigenvalue weighted by Crippen LogP contribution is -2.15. The number of hydrogen-bond acceptors (Lipinski definition) is 3. The quantitative estimate of drug-likeness (QED) is 0.383. The van der Waals surface area contributed by atoms with Gasteiger partial charge in [0.15, 0.2) is 12.4 Å². The highest BCUT2D eigenvalue weighted by Gasteiger charge is 2.16. The van der Waals surface area contributed by atoms with Gasteiger partial charge in [-0.2, -0.15) is 0 Å².